The second-order valence-corrected chi connectivity index (χ2v) is 5.30. The molecule has 1 aliphatic heterocycles. The van der Waals surface area contributed by atoms with E-state index in [-0.39, 0.29) is 5.91 Å². The molecule has 0 bridgehead atoms. The van der Waals surface area contributed by atoms with Crippen LogP contribution in [0.3, 0.4) is 0 Å². The summed E-state index contributed by atoms with van der Waals surface area (Å²) in [6, 6.07) is 5.75. The fourth-order valence-electron chi connectivity index (χ4n) is 2.55. The molecule has 0 saturated heterocycles. The summed E-state index contributed by atoms with van der Waals surface area (Å²) in [5.74, 6) is -0.00211. The van der Waals surface area contributed by atoms with Crippen LogP contribution in [0.4, 0.5) is 11.4 Å². The zero-order chi connectivity index (χ0) is 15.1. The molecule has 5 nitrogen and oxygen atoms in total. The first-order chi connectivity index (χ1) is 10.2. The number of rotatable bonds is 7. The minimum atomic E-state index is -0.00211. The molecule has 0 aromatic heterocycles. The lowest BCUT2D eigenvalue weighted by Gasteiger charge is -2.21. The molecule has 1 amide bonds. The molecule has 0 spiro atoms. The summed E-state index contributed by atoms with van der Waals surface area (Å²) in [5, 5.41) is 9.62. The van der Waals surface area contributed by atoms with Crippen molar-refractivity contribution < 1.29 is 4.79 Å². The first-order valence-electron chi connectivity index (χ1n) is 7.87. The van der Waals surface area contributed by atoms with Gasteiger partial charge in [0.1, 0.15) is 0 Å². The molecule has 1 aromatic rings. The van der Waals surface area contributed by atoms with Crippen molar-refractivity contribution in [2.75, 3.05) is 49.9 Å². The van der Waals surface area contributed by atoms with Crippen molar-refractivity contribution in [1.82, 2.24) is 10.2 Å². The highest BCUT2D eigenvalue weighted by Crippen LogP contribution is 2.25. The molecule has 3 N–H and O–H groups in total. The summed E-state index contributed by atoms with van der Waals surface area (Å²) >= 11 is 0. The van der Waals surface area contributed by atoms with Crippen LogP contribution in [0.2, 0.25) is 0 Å². The van der Waals surface area contributed by atoms with Gasteiger partial charge in [0, 0.05) is 31.7 Å². The van der Waals surface area contributed by atoms with E-state index >= 15 is 0 Å². The molecule has 1 aliphatic rings. The Morgan fingerprint density at radius 3 is 2.67 bits per heavy atom. The molecule has 0 fully saturated rings. The van der Waals surface area contributed by atoms with Gasteiger partial charge in [-0.1, -0.05) is 13.8 Å². The molecule has 21 heavy (non-hydrogen) atoms. The third-order valence-electron chi connectivity index (χ3n) is 3.74. The smallest absolute Gasteiger partial charge is 0.251 e. The van der Waals surface area contributed by atoms with Gasteiger partial charge in [-0.3, -0.25) is 4.79 Å². The van der Waals surface area contributed by atoms with Gasteiger partial charge >= 0.3 is 0 Å². The zero-order valence-electron chi connectivity index (χ0n) is 13.0. The molecule has 116 valence electrons. The summed E-state index contributed by atoms with van der Waals surface area (Å²) in [6.45, 7) is 9.84. The third-order valence-corrected chi connectivity index (χ3v) is 3.74. The van der Waals surface area contributed by atoms with Gasteiger partial charge in [0.15, 0.2) is 0 Å². The predicted molar refractivity (Wildman–Crippen MR) is 88.2 cm³/mol. The van der Waals surface area contributed by atoms with Crippen LogP contribution < -0.4 is 16.0 Å². The quantitative estimate of drug-likeness (QED) is 0.719. The molecular formula is C16H26N4O. The Kier molecular flexibility index (Phi) is 5.87. The maximum Gasteiger partial charge on any atom is 0.251 e. The van der Waals surface area contributed by atoms with E-state index in [1.165, 1.54) is 0 Å². The number of amides is 1. The molecule has 5 heteroatoms. The van der Waals surface area contributed by atoms with Crippen LogP contribution in [0.5, 0.6) is 0 Å². The van der Waals surface area contributed by atoms with E-state index in [1.54, 1.807) is 0 Å². The van der Waals surface area contributed by atoms with E-state index in [1.807, 2.05) is 18.2 Å². The van der Waals surface area contributed by atoms with Crippen LogP contribution in [0.25, 0.3) is 0 Å². The number of nitrogens with zero attached hydrogens (tertiary/aromatic N) is 1. The summed E-state index contributed by atoms with van der Waals surface area (Å²) in [5.41, 5.74) is 2.79. The summed E-state index contributed by atoms with van der Waals surface area (Å²) in [7, 11) is 0. The first kappa shape index (κ1) is 15.6. The van der Waals surface area contributed by atoms with Crippen molar-refractivity contribution in [3.63, 3.8) is 0 Å². The lowest BCUT2D eigenvalue weighted by atomic mass is 10.1. The van der Waals surface area contributed by atoms with Gasteiger partial charge in [-0.25, -0.2) is 0 Å². The second kappa shape index (κ2) is 7.88. The summed E-state index contributed by atoms with van der Waals surface area (Å²) in [6.07, 6.45) is 1.14. The largest absolute Gasteiger partial charge is 0.382 e. The highest BCUT2D eigenvalue weighted by atomic mass is 16.1. The highest BCUT2D eigenvalue weighted by Gasteiger charge is 2.12. The third kappa shape index (κ3) is 4.36. The zero-order valence-corrected chi connectivity index (χ0v) is 13.0. The van der Waals surface area contributed by atoms with Crippen LogP contribution in [0.15, 0.2) is 18.2 Å². The SMILES string of the molecule is CCCN(CC)CCNC(=O)c1ccc2c(c1)NCCN2. The average molecular weight is 290 g/mol. The van der Waals surface area contributed by atoms with Gasteiger partial charge in [-0.05, 0) is 37.7 Å². The van der Waals surface area contributed by atoms with E-state index in [4.69, 9.17) is 0 Å². The van der Waals surface area contributed by atoms with Gasteiger partial charge in [0.05, 0.1) is 11.4 Å². The lowest BCUT2D eigenvalue weighted by molar-refractivity contribution is 0.0948. The number of likely N-dealkylation sites (N-methyl/N-ethyl adjacent to an activating group) is 1. The van der Waals surface area contributed by atoms with Crippen LogP contribution >= 0.6 is 0 Å². The van der Waals surface area contributed by atoms with E-state index in [0.29, 0.717) is 12.1 Å². The predicted octanol–water partition coefficient (Wildman–Crippen LogP) is 1.99. The van der Waals surface area contributed by atoms with Crippen LogP contribution in [0, 0.1) is 0 Å². The maximum atomic E-state index is 12.2. The number of hydrogen-bond acceptors (Lipinski definition) is 4. The standard InChI is InChI=1S/C16H26N4O/c1-3-10-20(4-2)11-9-19-16(21)13-5-6-14-15(12-13)18-8-7-17-14/h5-6,12,17-18H,3-4,7-11H2,1-2H3,(H,19,21). The minimum Gasteiger partial charge on any atom is -0.382 e. The summed E-state index contributed by atoms with van der Waals surface area (Å²) in [4.78, 5) is 14.5. The van der Waals surface area contributed by atoms with Crippen molar-refractivity contribution in [1.29, 1.82) is 0 Å². The normalized spacial score (nSPS) is 13.3. The Hall–Kier alpha value is -1.75. The highest BCUT2D eigenvalue weighted by molar-refractivity contribution is 5.96. The molecule has 2 rings (SSSR count). The van der Waals surface area contributed by atoms with Gasteiger partial charge in [0.25, 0.3) is 5.91 Å². The molecule has 1 heterocycles. The molecule has 0 atom stereocenters. The van der Waals surface area contributed by atoms with E-state index in [0.717, 1.165) is 50.5 Å². The minimum absolute atomic E-state index is 0.00211. The molecule has 0 unspecified atom stereocenters. The number of hydrogen-bond donors (Lipinski definition) is 3. The number of benzene rings is 1. The monoisotopic (exact) mass is 290 g/mol. The first-order valence-corrected chi connectivity index (χ1v) is 7.87. The average Bonchev–Trinajstić information content (AvgIpc) is 2.53. The molecule has 0 aliphatic carbocycles. The van der Waals surface area contributed by atoms with Gasteiger partial charge in [0.2, 0.25) is 0 Å². The number of fused-ring (bicyclic) bond motifs is 1. The Morgan fingerprint density at radius 2 is 1.95 bits per heavy atom. The van der Waals surface area contributed by atoms with Crippen molar-refractivity contribution in [3.8, 4) is 0 Å². The number of carbonyl (C=O) groups excluding carboxylic acids is 1. The lowest BCUT2D eigenvalue weighted by Crippen LogP contribution is -2.35. The summed E-state index contributed by atoms with van der Waals surface area (Å²) < 4.78 is 0. The van der Waals surface area contributed by atoms with Gasteiger partial charge in [-0.2, -0.15) is 0 Å². The molecule has 0 saturated carbocycles. The molecular weight excluding hydrogens is 264 g/mol. The fraction of sp³-hybridized carbons (Fsp3) is 0.562. The van der Waals surface area contributed by atoms with Crippen molar-refractivity contribution in [2.45, 2.75) is 20.3 Å². The molecule has 1 aromatic carbocycles. The van der Waals surface area contributed by atoms with Gasteiger partial charge in [-0.15, -0.1) is 0 Å². The maximum absolute atomic E-state index is 12.2. The Bertz CT molecular complexity index is 475. The Labute approximate surface area is 127 Å². The number of nitrogens with one attached hydrogen (secondary N) is 3. The topological polar surface area (TPSA) is 56.4 Å². The van der Waals surface area contributed by atoms with E-state index < -0.39 is 0 Å². The molecule has 0 radical (unpaired) electrons. The Morgan fingerprint density at radius 1 is 1.19 bits per heavy atom. The van der Waals surface area contributed by atoms with Crippen molar-refractivity contribution in [3.05, 3.63) is 23.8 Å². The van der Waals surface area contributed by atoms with E-state index in [2.05, 4.69) is 34.7 Å². The fourth-order valence-corrected chi connectivity index (χ4v) is 2.55. The van der Waals surface area contributed by atoms with Crippen LogP contribution in [0.1, 0.15) is 30.6 Å². The number of anilines is 2. The van der Waals surface area contributed by atoms with Gasteiger partial charge < -0.3 is 20.9 Å². The van der Waals surface area contributed by atoms with Crippen LogP contribution in [-0.4, -0.2) is 50.1 Å². The number of carbonyl (C=O) groups is 1. The van der Waals surface area contributed by atoms with Crippen molar-refractivity contribution >= 4 is 17.3 Å². The second-order valence-electron chi connectivity index (χ2n) is 5.30. The van der Waals surface area contributed by atoms with Crippen LogP contribution in [-0.2, 0) is 0 Å². The van der Waals surface area contributed by atoms with E-state index in [9.17, 15) is 4.79 Å². The van der Waals surface area contributed by atoms with Crippen molar-refractivity contribution in [2.24, 2.45) is 0 Å². The Balaban J connectivity index is 1.86.